The molecule has 6 heteroatoms. The summed E-state index contributed by atoms with van der Waals surface area (Å²) in [6.45, 7) is 1.74. The SMILES string of the molecule is Cc1cc(S(=O)(=O)Cl)cc(C#N)c1CBr. The fraction of sp³-hybridized carbons (Fsp3) is 0.222. The highest BCUT2D eigenvalue weighted by atomic mass is 79.9. The summed E-state index contributed by atoms with van der Waals surface area (Å²) in [5, 5.41) is 9.36. The van der Waals surface area contributed by atoms with Crippen molar-refractivity contribution in [2.45, 2.75) is 17.1 Å². The van der Waals surface area contributed by atoms with Crippen LogP contribution < -0.4 is 0 Å². The van der Waals surface area contributed by atoms with Gasteiger partial charge in [-0.1, -0.05) is 15.9 Å². The minimum Gasteiger partial charge on any atom is -0.207 e. The van der Waals surface area contributed by atoms with Crippen molar-refractivity contribution in [1.29, 1.82) is 5.26 Å². The summed E-state index contributed by atoms with van der Waals surface area (Å²) in [6.07, 6.45) is 0. The lowest BCUT2D eigenvalue weighted by Gasteiger charge is -2.06. The van der Waals surface area contributed by atoms with Crippen molar-refractivity contribution >= 4 is 35.7 Å². The molecule has 0 aromatic heterocycles. The molecule has 3 nitrogen and oxygen atoms in total. The number of hydrogen-bond donors (Lipinski definition) is 0. The van der Waals surface area contributed by atoms with Gasteiger partial charge in [0.1, 0.15) is 0 Å². The maximum absolute atomic E-state index is 11.1. The van der Waals surface area contributed by atoms with Crippen molar-refractivity contribution in [1.82, 2.24) is 0 Å². The molecule has 0 aliphatic rings. The van der Waals surface area contributed by atoms with Crippen LogP contribution >= 0.6 is 26.6 Å². The maximum atomic E-state index is 11.1. The first-order valence-electron chi connectivity index (χ1n) is 3.94. The van der Waals surface area contributed by atoms with Crippen molar-refractivity contribution in [3.63, 3.8) is 0 Å². The van der Waals surface area contributed by atoms with E-state index >= 15 is 0 Å². The highest BCUT2D eigenvalue weighted by molar-refractivity contribution is 9.08. The van der Waals surface area contributed by atoms with E-state index in [4.69, 9.17) is 15.9 Å². The molecule has 0 aliphatic carbocycles. The Kier molecular flexibility index (Phi) is 3.77. The molecular formula is C9H7BrClNO2S. The van der Waals surface area contributed by atoms with Crippen molar-refractivity contribution in [2.75, 3.05) is 0 Å². The predicted molar refractivity (Wildman–Crippen MR) is 61.6 cm³/mol. The lowest BCUT2D eigenvalue weighted by atomic mass is 10.0. The first-order chi connectivity index (χ1) is 6.90. The first kappa shape index (κ1) is 12.5. The number of nitriles is 1. The van der Waals surface area contributed by atoms with Crippen LogP contribution in [0.15, 0.2) is 17.0 Å². The molecule has 80 valence electrons. The van der Waals surface area contributed by atoms with Crippen LogP contribution in [0.3, 0.4) is 0 Å². The average Bonchev–Trinajstić information content (AvgIpc) is 2.15. The third-order valence-corrected chi connectivity index (χ3v) is 3.88. The smallest absolute Gasteiger partial charge is 0.207 e. The van der Waals surface area contributed by atoms with Gasteiger partial charge in [0.15, 0.2) is 0 Å². The van der Waals surface area contributed by atoms with E-state index in [0.717, 1.165) is 11.1 Å². The minimum absolute atomic E-state index is 0.0390. The molecule has 0 saturated carbocycles. The van der Waals surface area contributed by atoms with E-state index in [2.05, 4.69) is 15.9 Å². The van der Waals surface area contributed by atoms with Gasteiger partial charge in [-0.25, -0.2) is 8.42 Å². The van der Waals surface area contributed by atoms with Crippen molar-refractivity contribution in [3.05, 3.63) is 28.8 Å². The Bertz CT molecular complexity index is 534. The Labute approximate surface area is 101 Å². The minimum atomic E-state index is -3.78. The summed E-state index contributed by atoms with van der Waals surface area (Å²) >= 11 is 3.24. The van der Waals surface area contributed by atoms with E-state index in [9.17, 15) is 8.42 Å². The maximum Gasteiger partial charge on any atom is 0.261 e. The number of benzene rings is 1. The molecule has 0 heterocycles. The van der Waals surface area contributed by atoms with Gasteiger partial charge in [-0.05, 0) is 30.2 Å². The molecule has 1 aromatic rings. The third kappa shape index (κ3) is 2.71. The van der Waals surface area contributed by atoms with Crippen LogP contribution in [0.4, 0.5) is 0 Å². The molecule has 0 spiro atoms. The average molecular weight is 309 g/mol. The molecule has 0 radical (unpaired) electrons. The Balaban J connectivity index is 3.55. The zero-order valence-electron chi connectivity index (χ0n) is 7.79. The third-order valence-electron chi connectivity index (χ3n) is 1.98. The molecule has 0 bridgehead atoms. The Morgan fingerprint density at radius 3 is 2.53 bits per heavy atom. The van der Waals surface area contributed by atoms with E-state index in [1.807, 2.05) is 6.07 Å². The number of aryl methyl sites for hydroxylation is 1. The number of nitrogens with zero attached hydrogens (tertiary/aromatic N) is 1. The van der Waals surface area contributed by atoms with Crippen molar-refractivity contribution < 1.29 is 8.42 Å². The summed E-state index contributed by atoms with van der Waals surface area (Å²) in [6, 6.07) is 4.69. The quantitative estimate of drug-likeness (QED) is 0.623. The van der Waals surface area contributed by atoms with Crippen LogP contribution in [0.1, 0.15) is 16.7 Å². The largest absolute Gasteiger partial charge is 0.261 e. The summed E-state index contributed by atoms with van der Waals surface area (Å²) in [5.41, 5.74) is 1.83. The van der Waals surface area contributed by atoms with Gasteiger partial charge in [-0.15, -0.1) is 0 Å². The van der Waals surface area contributed by atoms with Crippen molar-refractivity contribution in [2.24, 2.45) is 0 Å². The van der Waals surface area contributed by atoms with Gasteiger partial charge in [0.2, 0.25) is 0 Å². The van der Waals surface area contributed by atoms with Crippen LogP contribution in [0.25, 0.3) is 0 Å². The van der Waals surface area contributed by atoms with E-state index < -0.39 is 9.05 Å². The number of halogens is 2. The molecule has 1 aromatic carbocycles. The monoisotopic (exact) mass is 307 g/mol. The normalized spacial score (nSPS) is 11.1. The van der Waals surface area contributed by atoms with Gasteiger partial charge in [0.05, 0.1) is 16.5 Å². The fourth-order valence-electron chi connectivity index (χ4n) is 1.20. The van der Waals surface area contributed by atoms with Gasteiger partial charge < -0.3 is 0 Å². The molecule has 0 N–H and O–H groups in total. The summed E-state index contributed by atoms with van der Waals surface area (Å²) in [4.78, 5) is -0.0390. The van der Waals surface area contributed by atoms with Gasteiger partial charge in [-0.2, -0.15) is 5.26 Å². The lowest BCUT2D eigenvalue weighted by Crippen LogP contribution is -1.97. The van der Waals surface area contributed by atoms with Crippen LogP contribution in [-0.4, -0.2) is 8.42 Å². The Morgan fingerprint density at radius 2 is 2.13 bits per heavy atom. The lowest BCUT2D eigenvalue weighted by molar-refractivity contribution is 0.609. The van der Waals surface area contributed by atoms with Crippen LogP contribution in [0.2, 0.25) is 0 Å². The van der Waals surface area contributed by atoms with Gasteiger partial charge in [0.25, 0.3) is 9.05 Å². The molecule has 0 saturated heterocycles. The Hall–Kier alpha value is -0.570. The van der Waals surface area contributed by atoms with E-state index in [0.29, 0.717) is 10.9 Å². The molecule has 0 amide bonds. The molecule has 0 fully saturated rings. The highest BCUT2D eigenvalue weighted by Gasteiger charge is 2.14. The second-order valence-electron chi connectivity index (χ2n) is 2.95. The second kappa shape index (κ2) is 4.52. The fourth-order valence-corrected chi connectivity index (χ4v) is 2.79. The Morgan fingerprint density at radius 1 is 1.53 bits per heavy atom. The predicted octanol–water partition coefficient (Wildman–Crippen LogP) is 2.69. The summed E-state index contributed by atoms with van der Waals surface area (Å²) in [5.74, 6) is 0. The van der Waals surface area contributed by atoms with Gasteiger partial charge >= 0.3 is 0 Å². The number of alkyl halides is 1. The molecular weight excluding hydrogens is 302 g/mol. The number of rotatable bonds is 2. The topological polar surface area (TPSA) is 57.9 Å². The standard InChI is InChI=1S/C9H7BrClNO2S/c1-6-2-8(15(11,13)14)3-7(5-12)9(6)4-10/h2-3H,4H2,1H3. The van der Waals surface area contributed by atoms with E-state index in [-0.39, 0.29) is 4.90 Å². The van der Waals surface area contributed by atoms with Crippen LogP contribution in [0, 0.1) is 18.3 Å². The zero-order chi connectivity index (χ0) is 11.6. The highest BCUT2D eigenvalue weighted by Crippen LogP contribution is 2.24. The van der Waals surface area contributed by atoms with Crippen molar-refractivity contribution in [3.8, 4) is 6.07 Å². The van der Waals surface area contributed by atoms with Crippen LogP contribution in [-0.2, 0) is 14.4 Å². The summed E-state index contributed by atoms with van der Waals surface area (Å²) < 4.78 is 22.2. The summed E-state index contributed by atoms with van der Waals surface area (Å²) in [7, 11) is 1.43. The second-order valence-corrected chi connectivity index (χ2v) is 6.08. The molecule has 0 aliphatic heterocycles. The van der Waals surface area contributed by atoms with Crippen LogP contribution in [0.5, 0.6) is 0 Å². The zero-order valence-corrected chi connectivity index (χ0v) is 10.9. The van der Waals surface area contributed by atoms with Gasteiger partial charge in [-0.3, -0.25) is 0 Å². The van der Waals surface area contributed by atoms with E-state index in [1.54, 1.807) is 6.92 Å². The molecule has 0 unspecified atom stereocenters. The van der Waals surface area contributed by atoms with E-state index in [1.165, 1.54) is 12.1 Å². The number of hydrogen-bond acceptors (Lipinski definition) is 3. The van der Waals surface area contributed by atoms with Gasteiger partial charge in [0, 0.05) is 16.0 Å². The molecule has 0 atom stereocenters. The first-order valence-corrected chi connectivity index (χ1v) is 7.37. The molecule has 15 heavy (non-hydrogen) atoms. The molecule has 1 rings (SSSR count).